The predicted molar refractivity (Wildman–Crippen MR) is 98.2 cm³/mol. The van der Waals surface area contributed by atoms with Crippen LogP contribution >= 0.6 is 11.8 Å². The van der Waals surface area contributed by atoms with Gasteiger partial charge in [-0.2, -0.15) is 11.8 Å². The number of aromatic nitrogens is 3. The fourth-order valence-corrected chi connectivity index (χ4v) is 2.49. The molecule has 0 fully saturated rings. The van der Waals surface area contributed by atoms with Crippen LogP contribution < -0.4 is 4.74 Å². The molecule has 0 saturated heterocycles. The summed E-state index contributed by atoms with van der Waals surface area (Å²) >= 11 is 1.80. The third-order valence-corrected chi connectivity index (χ3v) is 3.94. The van der Waals surface area contributed by atoms with Crippen LogP contribution in [0.2, 0.25) is 0 Å². The van der Waals surface area contributed by atoms with E-state index in [0.717, 1.165) is 17.7 Å². The summed E-state index contributed by atoms with van der Waals surface area (Å²) in [5, 5.41) is 0. The molecule has 5 heteroatoms. The van der Waals surface area contributed by atoms with Crippen molar-refractivity contribution in [3.63, 3.8) is 0 Å². The molecule has 0 unspecified atom stereocenters. The second-order valence-corrected chi connectivity index (χ2v) is 6.02. The SMILES string of the molecule is CSCCCOc1nc2cccnc2nc1C#Cc1ccccc1. The van der Waals surface area contributed by atoms with Crippen LogP contribution in [-0.2, 0) is 0 Å². The van der Waals surface area contributed by atoms with E-state index in [4.69, 9.17) is 4.74 Å². The summed E-state index contributed by atoms with van der Waals surface area (Å²) in [6.45, 7) is 0.599. The maximum absolute atomic E-state index is 5.82. The summed E-state index contributed by atoms with van der Waals surface area (Å²) in [7, 11) is 0. The molecule has 0 aliphatic rings. The minimum atomic E-state index is 0.472. The van der Waals surface area contributed by atoms with E-state index >= 15 is 0 Å². The van der Waals surface area contributed by atoms with Gasteiger partial charge >= 0.3 is 0 Å². The highest BCUT2D eigenvalue weighted by molar-refractivity contribution is 7.98. The van der Waals surface area contributed by atoms with Crippen LogP contribution in [0.25, 0.3) is 11.2 Å². The molecule has 120 valence electrons. The lowest BCUT2D eigenvalue weighted by Gasteiger charge is -2.07. The van der Waals surface area contributed by atoms with E-state index in [1.807, 2.05) is 42.5 Å². The van der Waals surface area contributed by atoms with Crippen LogP contribution in [0.5, 0.6) is 5.88 Å². The van der Waals surface area contributed by atoms with Gasteiger partial charge in [-0.1, -0.05) is 24.1 Å². The van der Waals surface area contributed by atoms with Gasteiger partial charge in [0.1, 0.15) is 5.52 Å². The predicted octanol–water partition coefficient (Wildman–Crippen LogP) is 3.56. The molecule has 0 radical (unpaired) electrons. The zero-order chi connectivity index (χ0) is 16.6. The first-order valence-electron chi connectivity index (χ1n) is 7.68. The molecule has 0 bridgehead atoms. The molecule has 2 heterocycles. The Morgan fingerprint density at radius 3 is 2.75 bits per heavy atom. The Morgan fingerprint density at radius 1 is 1.04 bits per heavy atom. The molecule has 2 aromatic heterocycles. The highest BCUT2D eigenvalue weighted by Crippen LogP contribution is 2.17. The van der Waals surface area contributed by atoms with Gasteiger partial charge in [0.2, 0.25) is 5.88 Å². The number of hydrogen-bond donors (Lipinski definition) is 0. The van der Waals surface area contributed by atoms with Crippen molar-refractivity contribution in [2.24, 2.45) is 0 Å². The van der Waals surface area contributed by atoms with Crippen molar-refractivity contribution >= 4 is 22.9 Å². The monoisotopic (exact) mass is 335 g/mol. The standard InChI is InChI=1S/C19H17N3OS/c1-24-14-6-13-23-19-17(11-10-15-7-3-2-4-8-15)21-18-16(22-19)9-5-12-20-18/h2-5,7-9,12H,6,13-14H2,1H3. The lowest BCUT2D eigenvalue weighted by atomic mass is 10.2. The van der Waals surface area contributed by atoms with Gasteiger partial charge in [0.15, 0.2) is 11.3 Å². The molecule has 0 atom stereocenters. The quantitative estimate of drug-likeness (QED) is 0.527. The number of hydrogen-bond acceptors (Lipinski definition) is 5. The van der Waals surface area contributed by atoms with E-state index in [1.54, 1.807) is 18.0 Å². The normalized spacial score (nSPS) is 10.2. The van der Waals surface area contributed by atoms with Gasteiger partial charge in [0.25, 0.3) is 0 Å². The van der Waals surface area contributed by atoms with Crippen molar-refractivity contribution in [3.05, 3.63) is 59.9 Å². The van der Waals surface area contributed by atoms with Crippen LogP contribution in [0.3, 0.4) is 0 Å². The number of rotatable bonds is 5. The highest BCUT2D eigenvalue weighted by Gasteiger charge is 2.09. The fraction of sp³-hybridized carbons (Fsp3) is 0.211. The van der Waals surface area contributed by atoms with Gasteiger partial charge in [0.05, 0.1) is 6.61 Å². The van der Waals surface area contributed by atoms with Crippen molar-refractivity contribution in [3.8, 4) is 17.7 Å². The molecule has 0 saturated carbocycles. The zero-order valence-corrected chi connectivity index (χ0v) is 14.2. The number of benzene rings is 1. The zero-order valence-electron chi connectivity index (χ0n) is 13.4. The average molecular weight is 335 g/mol. The number of pyridine rings is 1. The Hall–Kier alpha value is -2.58. The van der Waals surface area contributed by atoms with Crippen LogP contribution in [-0.4, -0.2) is 33.6 Å². The molecular weight excluding hydrogens is 318 g/mol. The van der Waals surface area contributed by atoms with Gasteiger partial charge in [0, 0.05) is 11.8 Å². The third kappa shape index (κ3) is 4.24. The first kappa shape index (κ1) is 16.3. The van der Waals surface area contributed by atoms with E-state index in [0.29, 0.717) is 29.3 Å². The molecule has 3 rings (SSSR count). The topological polar surface area (TPSA) is 47.9 Å². The smallest absolute Gasteiger partial charge is 0.249 e. The van der Waals surface area contributed by atoms with Gasteiger partial charge in [-0.25, -0.2) is 15.0 Å². The van der Waals surface area contributed by atoms with Crippen molar-refractivity contribution in [2.45, 2.75) is 6.42 Å². The summed E-state index contributed by atoms with van der Waals surface area (Å²) in [6.07, 6.45) is 4.74. The van der Waals surface area contributed by atoms with Gasteiger partial charge in [-0.15, -0.1) is 0 Å². The van der Waals surface area contributed by atoms with E-state index < -0.39 is 0 Å². The van der Waals surface area contributed by atoms with E-state index in [9.17, 15) is 0 Å². The summed E-state index contributed by atoms with van der Waals surface area (Å²) in [4.78, 5) is 13.3. The average Bonchev–Trinajstić information content (AvgIpc) is 2.64. The molecule has 3 aromatic rings. The van der Waals surface area contributed by atoms with Crippen molar-refractivity contribution < 1.29 is 4.74 Å². The Labute approximate surface area is 145 Å². The molecule has 24 heavy (non-hydrogen) atoms. The van der Waals surface area contributed by atoms with E-state index in [2.05, 4.69) is 33.0 Å². The first-order chi connectivity index (χ1) is 11.9. The number of ether oxygens (including phenoxy) is 1. The van der Waals surface area contributed by atoms with Crippen molar-refractivity contribution in [1.82, 2.24) is 15.0 Å². The molecule has 0 N–H and O–H groups in total. The highest BCUT2D eigenvalue weighted by atomic mass is 32.2. The molecule has 4 nitrogen and oxygen atoms in total. The van der Waals surface area contributed by atoms with Crippen LogP contribution in [0.15, 0.2) is 48.7 Å². The Bertz CT molecular complexity index is 872. The van der Waals surface area contributed by atoms with Gasteiger partial charge < -0.3 is 4.74 Å². The summed E-state index contributed by atoms with van der Waals surface area (Å²) in [5.41, 5.74) is 2.73. The molecular formula is C19H17N3OS. The fourth-order valence-electron chi connectivity index (χ4n) is 2.08. The summed E-state index contributed by atoms with van der Waals surface area (Å²) in [6, 6.07) is 13.5. The van der Waals surface area contributed by atoms with Gasteiger partial charge in [-0.05, 0) is 48.6 Å². The van der Waals surface area contributed by atoms with Crippen LogP contribution in [0, 0.1) is 11.8 Å². The van der Waals surface area contributed by atoms with E-state index in [-0.39, 0.29) is 0 Å². The first-order valence-corrected chi connectivity index (χ1v) is 9.08. The maximum Gasteiger partial charge on any atom is 0.249 e. The molecule has 0 aliphatic carbocycles. The largest absolute Gasteiger partial charge is 0.476 e. The van der Waals surface area contributed by atoms with Crippen LogP contribution in [0.4, 0.5) is 0 Å². The molecule has 1 aromatic carbocycles. The minimum Gasteiger partial charge on any atom is -0.476 e. The second-order valence-electron chi connectivity index (χ2n) is 5.03. The molecule has 0 amide bonds. The lowest BCUT2D eigenvalue weighted by Crippen LogP contribution is -2.04. The lowest BCUT2D eigenvalue weighted by molar-refractivity contribution is 0.305. The maximum atomic E-state index is 5.82. The third-order valence-electron chi connectivity index (χ3n) is 3.24. The molecule has 0 spiro atoms. The van der Waals surface area contributed by atoms with Crippen molar-refractivity contribution in [1.29, 1.82) is 0 Å². The Balaban J connectivity index is 1.92. The number of thioether (sulfide) groups is 1. The minimum absolute atomic E-state index is 0.472. The summed E-state index contributed by atoms with van der Waals surface area (Å²) < 4.78 is 5.82. The number of nitrogens with zero attached hydrogens (tertiary/aromatic N) is 3. The Morgan fingerprint density at radius 2 is 1.92 bits per heavy atom. The number of fused-ring (bicyclic) bond motifs is 1. The van der Waals surface area contributed by atoms with E-state index in [1.165, 1.54) is 0 Å². The second kappa shape index (κ2) is 8.32. The summed E-state index contributed by atoms with van der Waals surface area (Å²) in [5.74, 6) is 7.69. The van der Waals surface area contributed by atoms with Crippen molar-refractivity contribution in [2.75, 3.05) is 18.6 Å². The van der Waals surface area contributed by atoms with Gasteiger partial charge in [-0.3, -0.25) is 0 Å². The Kier molecular flexibility index (Phi) is 5.65. The van der Waals surface area contributed by atoms with Crippen LogP contribution in [0.1, 0.15) is 17.7 Å². The molecule has 0 aliphatic heterocycles.